The predicted octanol–water partition coefficient (Wildman–Crippen LogP) is 3.49. The van der Waals surface area contributed by atoms with Gasteiger partial charge in [-0.15, -0.1) is 0 Å². The number of hydrogen-bond donors (Lipinski definition) is 3. The highest BCUT2D eigenvalue weighted by molar-refractivity contribution is 5.92. The van der Waals surface area contributed by atoms with E-state index in [2.05, 4.69) is 20.9 Å². The lowest BCUT2D eigenvalue weighted by Gasteiger charge is -2.22. The summed E-state index contributed by atoms with van der Waals surface area (Å²) in [5, 5.41) is 8.67. The fraction of sp³-hybridized carbons (Fsp3) is 0.526. The molecule has 0 saturated heterocycles. The van der Waals surface area contributed by atoms with E-state index in [9.17, 15) is 9.59 Å². The Labute approximate surface area is 152 Å². The number of rotatable bonds is 6. The third-order valence-electron chi connectivity index (χ3n) is 4.58. The maximum Gasteiger partial charge on any atom is 0.315 e. The van der Waals surface area contributed by atoms with E-state index in [1.165, 1.54) is 19.3 Å². The molecule has 0 radical (unpaired) electrons. The molecule has 0 spiro atoms. The van der Waals surface area contributed by atoms with E-state index in [1.807, 2.05) is 0 Å². The number of nitrogens with zero attached hydrogens (tertiary/aromatic N) is 1. The second kappa shape index (κ2) is 8.69. The lowest BCUT2D eigenvalue weighted by molar-refractivity contribution is -0.116. The second-order valence-corrected chi connectivity index (χ2v) is 6.80. The fourth-order valence-electron chi connectivity index (χ4n) is 3.28. The standard InChI is InChI=1S/C19H26N4O3/c1-13-21-16-12-15(9-10-17(16)26-13)22-18(24)8-5-11-20-19(25)23-14-6-3-2-4-7-14/h9-10,12,14H,2-8,11H2,1H3,(H,22,24)(H2,20,23,25). The summed E-state index contributed by atoms with van der Waals surface area (Å²) in [5.74, 6) is 0.514. The van der Waals surface area contributed by atoms with Crippen molar-refractivity contribution in [1.29, 1.82) is 0 Å². The van der Waals surface area contributed by atoms with E-state index in [0.29, 0.717) is 42.6 Å². The number of fused-ring (bicyclic) bond motifs is 1. The maximum atomic E-state index is 12.0. The van der Waals surface area contributed by atoms with Gasteiger partial charge in [-0.25, -0.2) is 9.78 Å². The van der Waals surface area contributed by atoms with Crippen molar-refractivity contribution in [2.75, 3.05) is 11.9 Å². The van der Waals surface area contributed by atoms with E-state index < -0.39 is 0 Å². The Morgan fingerprint density at radius 1 is 1.23 bits per heavy atom. The van der Waals surface area contributed by atoms with Crippen LogP contribution >= 0.6 is 0 Å². The number of benzene rings is 1. The molecule has 1 saturated carbocycles. The van der Waals surface area contributed by atoms with Crippen molar-refractivity contribution < 1.29 is 14.0 Å². The largest absolute Gasteiger partial charge is 0.441 e. The van der Waals surface area contributed by atoms with Gasteiger partial charge in [0, 0.05) is 31.6 Å². The van der Waals surface area contributed by atoms with Crippen LogP contribution in [0.1, 0.15) is 50.8 Å². The highest BCUT2D eigenvalue weighted by Gasteiger charge is 2.15. The maximum absolute atomic E-state index is 12.0. The molecule has 1 aliphatic rings. The summed E-state index contributed by atoms with van der Waals surface area (Å²) in [6.07, 6.45) is 6.69. The number of oxazole rings is 1. The summed E-state index contributed by atoms with van der Waals surface area (Å²) in [4.78, 5) is 28.1. The number of hydrogen-bond acceptors (Lipinski definition) is 4. The Hall–Kier alpha value is -2.57. The molecule has 7 nitrogen and oxygen atoms in total. The van der Waals surface area contributed by atoms with Crippen molar-refractivity contribution in [2.45, 2.75) is 57.9 Å². The molecule has 3 rings (SSSR count). The summed E-state index contributed by atoms with van der Waals surface area (Å²) in [6.45, 7) is 2.27. The number of carbonyl (C=O) groups is 2. The summed E-state index contributed by atoms with van der Waals surface area (Å²) in [5.41, 5.74) is 2.12. The molecule has 3 N–H and O–H groups in total. The van der Waals surface area contributed by atoms with E-state index in [0.717, 1.165) is 18.4 Å². The summed E-state index contributed by atoms with van der Waals surface area (Å²) < 4.78 is 5.41. The van der Waals surface area contributed by atoms with E-state index in [1.54, 1.807) is 25.1 Å². The second-order valence-electron chi connectivity index (χ2n) is 6.80. The number of amides is 3. The van der Waals surface area contributed by atoms with Crippen molar-refractivity contribution in [3.63, 3.8) is 0 Å². The van der Waals surface area contributed by atoms with Gasteiger partial charge in [0.25, 0.3) is 0 Å². The molecule has 7 heteroatoms. The molecule has 1 aromatic carbocycles. The first-order valence-electron chi connectivity index (χ1n) is 9.31. The van der Waals surface area contributed by atoms with Gasteiger partial charge in [-0.1, -0.05) is 19.3 Å². The van der Waals surface area contributed by atoms with Gasteiger partial charge in [0.05, 0.1) is 0 Å². The molecule has 0 aliphatic heterocycles. The molecule has 0 unspecified atom stereocenters. The van der Waals surface area contributed by atoms with E-state index in [-0.39, 0.29) is 11.9 Å². The lowest BCUT2D eigenvalue weighted by Crippen LogP contribution is -2.43. The highest BCUT2D eigenvalue weighted by Crippen LogP contribution is 2.20. The first kappa shape index (κ1) is 18.2. The van der Waals surface area contributed by atoms with Crippen molar-refractivity contribution in [3.05, 3.63) is 24.1 Å². The van der Waals surface area contributed by atoms with Gasteiger partial charge < -0.3 is 20.4 Å². The Balaban J connectivity index is 1.34. The number of aryl methyl sites for hydroxylation is 1. The van der Waals surface area contributed by atoms with E-state index in [4.69, 9.17) is 4.42 Å². The van der Waals surface area contributed by atoms with Crippen LogP contribution in [0.15, 0.2) is 22.6 Å². The number of carbonyl (C=O) groups excluding carboxylic acids is 2. The lowest BCUT2D eigenvalue weighted by atomic mass is 9.96. The van der Waals surface area contributed by atoms with Crippen LogP contribution in [-0.4, -0.2) is 29.5 Å². The molecule has 0 atom stereocenters. The monoisotopic (exact) mass is 358 g/mol. The van der Waals surface area contributed by atoms with Gasteiger partial charge in [0.15, 0.2) is 11.5 Å². The number of urea groups is 1. The van der Waals surface area contributed by atoms with Crippen LogP contribution in [0.4, 0.5) is 10.5 Å². The minimum Gasteiger partial charge on any atom is -0.441 e. The highest BCUT2D eigenvalue weighted by atomic mass is 16.3. The SMILES string of the molecule is Cc1nc2cc(NC(=O)CCCNC(=O)NC3CCCCC3)ccc2o1. The molecular formula is C19H26N4O3. The van der Waals surface area contributed by atoms with Crippen molar-refractivity contribution in [3.8, 4) is 0 Å². The smallest absolute Gasteiger partial charge is 0.315 e. The molecule has 3 amide bonds. The Morgan fingerprint density at radius 3 is 2.85 bits per heavy atom. The molecule has 140 valence electrons. The Bertz CT molecular complexity index is 765. The zero-order valence-electron chi connectivity index (χ0n) is 15.1. The number of anilines is 1. The van der Waals surface area contributed by atoms with Gasteiger partial charge >= 0.3 is 6.03 Å². The average Bonchev–Trinajstić information content (AvgIpc) is 2.99. The number of nitrogens with one attached hydrogen (secondary N) is 3. The molecular weight excluding hydrogens is 332 g/mol. The molecule has 26 heavy (non-hydrogen) atoms. The number of aromatic nitrogens is 1. The van der Waals surface area contributed by atoms with Crippen LogP contribution < -0.4 is 16.0 Å². The van der Waals surface area contributed by atoms with Gasteiger partial charge in [0.1, 0.15) is 5.52 Å². The quantitative estimate of drug-likeness (QED) is 0.689. The van der Waals surface area contributed by atoms with E-state index >= 15 is 0 Å². The van der Waals surface area contributed by atoms with Crippen LogP contribution in [-0.2, 0) is 4.79 Å². The third kappa shape index (κ3) is 5.21. The topological polar surface area (TPSA) is 96.3 Å². The third-order valence-corrected chi connectivity index (χ3v) is 4.58. The molecule has 2 aromatic rings. The molecule has 1 aromatic heterocycles. The molecule has 1 heterocycles. The van der Waals surface area contributed by atoms with Gasteiger partial charge in [0.2, 0.25) is 5.91 Å². The minimum absolute atomic E-state index is 0.0842. The Kier molecular flexibility index (Phi) is 6.09. The van der Waals surface area contributed by atoms with Crippen LogP contribution in [0, 0.1) is 6.92 Å². The molecule has 1 aliphatic carbocycles. The summed E-state index contributed by atoms with van der Waals surface area (Å²) in [7, 11) is 0. The normalized spacial score (nSPS) is 15.0. The van der Waals surface area contributed by atoms with Crippen molar-refractivity contribution >= 4 is 28.7 Å². The molecule has 0 bridgehead atoms. The van der Waals surface area contributed by atoms with Gasteiger partial charge in [-0.3, -0.25) is 4.79 Å². The fourth-order valence-corrected chi connectivity index (χ4v) is 3.28. The Morgan fingerprint density at radius 2 is 2.04 bits per heavy atom. The summed E-state index contributed by atoms with van der Waals surface area (Å²) >= 11 is 0. The van der Waals surface area contributed by atoms with Gasteiger partial charge in [-0.05, 0) is 37.5 Å². The molecule has 1 fully saturated rings. The zero-order valence-corrected chi connectivity index (χ0v) is 15.1. The van der Waals surface area contributed by atoms with Crippen LogP contribution in [0.25, 0.3) is 11.1 Å². The van der Waals surface area contributed by atoms with Crippen LogP contribution in [0.5, 0.6) is 0 Å². The van der Waals surface area contributed by atoms with Gasteiger partial charge in [-0.2, -0.15) is 0 Å². The predicted molar refractivity (Wildman–Crippen MR) is 100 cm³/mol. The first-order chi connectivity index (χ1) is 12.6. The first-order valence-corrected chi connectivity index (χ1v) is 9.31. The minimum atomic E-state index is -0.135. The van der Waals surface area contributed by atoms with Crippen molar-refractivity contribution in [1.82, 2.24) is 15.6 Å². The zero-order chi connectivity index (χ0) is 18.4. The van der Waals surface area contributed by atoms with Crippen LogP contribution in [0.2, 0.25) is 0 Å². The average molecular weight is 358 g/mol. The van der Waals surface area contributed by atoms with Crippen LogP contribution in [0.3, 0.4) is 0 Å². The summed E-state index contributed by atoms with van der Waals surface area (Å²) in [6, 6.07) is 5.54. The van der Waals surface area contributed by atoms with Crippen molar-refractivity contribution in [2.24, 2.45) is 0 Å².